The molecule has 1 N–H and O–H groups in total. The molecular formula is C17H15N3O3S. The van der Waals surface area contributed by atoms with Crippen LogP contribution in [0.15, 0.2) is 32.8 Å². The van der Waals surface area contributed by atoms with Gasteiger partial charge < -0.3 is 4.42 Å². The lowest BCUT2D eigenvalue weighted by atomic mass is 9.93. The largest absolute Gasteiger partial charge is 0.417 e. The number of rotatable bonds is 2. The van der Waals surface area contributed by atoms with E-state index in [-0.39, 0.29) is 5.41 Å². The Morgan fingerprint density at radius 3 is 2.83 bits per heavy atom. The third-order valence-electron chi connectivity index (χ3n) is 3.97. The first kappa shape index (κ1) is 14.9. The molecule has 3 aromatic heterocycles. The van der Waals surface area contributed by atoms with Crippen molar-refractivity contribution in [2.45, 2.75) is 26.2 Å². The summed E-state index contributed by atoms with van der Waals surface area (Å²) in [7, 11) is 0. The Bertz CT molecular complexity index is 1140. The van der Waals surface area contributed by atoms with Crippen LogP contribution in [0.4, 0.5) is 0 Å². The average Bonchev–Trinajstić information content (AvgIpc) is 3.15. The number of nitrogens with one attached hydrogen (secondary N) is 1. The molecule has 4 aromatic rings. The van der Waals surface area contributed by atoms with Crippen LogP contribution in [0.5, 0.6) is 0 Å². The summed E-state index contributed by atoms with van der Waals surface area (Å²) in [5, 5.41) is 2.04. The van der Waals surface area contributed by atoms with Gasteiger partial charge in [-0.1, -0.05) is 26.8 Å². The van der Waals surface area contributed by atoms with Gasteiger partial charge in [-0.05, 0) is 12.1 Å². The molecule has 0 atom stereocenters. The number of aromatic amines is 1. The molecule has 1 aromatic carbocycles. The van der Waals surface area contributed by atoms with Crippen molar-refractivity contribution < 1.29 is 9.21 Å². The van der Waals surface area contributed by atoms with Crippen LogP contribution in [-0.2, 0) is 5.41 Å². The molecule has 0 radical (unpaired) electrons. The smallest absolute Gasteiger partial charge is 0.408 e. The maximum Gasteiger partial charge on any atom is 0.417 e. The minimum atomic E-state index is -0.501. The molecule has 0 amide bonds. The summed E-state index contributed by atoms with van der Waals surface area (Å²) in [6, 6.07) is 5.30. The fourth-order valence-electron chi connectivity index (χ4n) is 2.81. The predicted octanol–water partition coefficient (Wildman–Crippen LogP) is 3.61. The van der Waals surface area contributed by atoms with Gasteiger partial charge in [-0.15, -0.1) is 11.3 Å². The molecule has 0 fully saturated rings. The van der Waals surface area contributed by atoms with Crippen LogP contribution in [0.3, 0.4) is 0 Å². The Morgan fingerprint density at radius 1 is 1.33 bits per heavy atom. The number of aldehydes is 1. The summed E-state index contributed by atoms with van der Waals surface area (Å²) in [5.74, 6) is -0.501. The number of oxazole rings is 1. The van der Waals surface area contributed by atoms with Crippen molar-refractivity contribution in [2.75, 3.05) is 0 Å². The van der Waals surface area contributed by atoms with Crippen LogP contribution in [0.25, 0.3) is 27.3 Å². The summed E-state index contributed by atoms with van der Waals surface area (Å²) in [6.07, 6.45) is 0.828. The second kappa shape index (κ2) is 4.91. The molecule has 122 valence electrons. The van der Waals surface area contributed by atoms with E-state index in [1.807, 2.05) is 15.8 Å². The maximum absolute atomic E-state index is 11.8. The number of carbonyl (C=O) groups excluding carboxylic acids is 1. The number of benzene rings is 1. The molecule has 6 nitrogen and oxygen atoms in total. The van der Waals surface area contributed by atoms with Gasteiger partial charge in [-0.2, -0.15) is 0 Å². The maximum atomic E-state index is 11.8. The Hall–Kier alpha value is -2.67. The number of imidazole rings is 1. The molecule has 7 heteroatoms. The van der Waals surface area contributed by atoms with E-state index in [0.717, 1.165) is 22.5 Å². The zero-order valence-electron chi connectivity index (χ0n) is 13.4. The summed E-state index contributed by atoms with van der Waals surface area (Å²) < 4.78 is 7.01. The molecule has 24 heavy (non-hydrogen) atoms. The fraction of sp³-hybridized carbons (Fsp3) is 0.235. The number of thiazole rings is 1. The second-order valence-electron chi connectivity index (χ2n) is 6.68. The number of hydrogen-bond acceptors (Lipinski definition) is 5. The van der Waals surface area contributed by atoms with E-state index >= 15 is 0 Å². The molecule has 0 aliphatic heterocycles. The topological polar surface area (TPSA) is 80.4 Å². The molecule has 0 saturated carbocycles. The first-order valence-corrected chi connectivity index (χ1v) is 8.35. The minimum Gasteiger partial charge on any atom is -0.408 e. The van der Waals surface area contributed by atoms with E-state index in [0.29, 0.717) is 22.5 Å². The molecule has 0 saturated heterocycles. The molecule has 0 aliphatic rings. The van der Waals surface area contributed by atoms with Gasteiger partial charge in [-0.25, -0.2) is 9.78 Å². The lowest BCUT2D eigenvalue weighted by Crippen LogP contribution is -2.15. The van der Waals surface area contributed by atoms with Gasteiger partial charge in [-0.3, -0.25) is 14.2 Å². The van der Waals surface area contributed by atoms with Gasteiger partial charge in [0.15, 0.2) is 16.8 Å². The molecule has 0 spiro atoms. The lowest BCUT2D eigenvalue weighted by Gasteiger charge is -2.17. The molecule has 0 aliphatic carbocycles. The van der Waals surface area contributed by atoms with Crippen LogP contribution in [0.1, 0.15) is 37.0 Å². The first-order valence-electron chi connectivity index (χ1n) is 7.47. The molecule has 0 unspecified atom stereocenters. The van der Waals surface area contributed by atoms with Crippen LogP contribution >= 0.6 is 11.3 Å². The number of hydrogen-bond donors (Lipinski definition) is 1. The Labute approximate surface area is 140 Å². The van der Waals surface area contributed by atoms with E-state index in [2.05, 4.69) is 30.7 Å². The summed E-state index contributed by atoms with van der Waals surface area (Å²) in [5.41, 5.74) is 3.84. The number of H-pyrrole nitrogens is 1. The highest BCUT2D eigenvalue weighted by molar-refractivity contribution is 7.15. The SMILES string of the molecule is CC(C)(C)c1csc2nc(-c3ccc4[nH]c(=O)oc4c3)c(C=O)n12. The van der Waals surface area contributed by atoms with Gasteiger partial charge in [0.25, 0.3) is 0 Å². The van der Waals surface area contributed by atoms with Crippen LogP contribution in [0.2, 0.25) is 0 Å². The summed E-state index contributed by atoms with van der Waals surface area (Å²) >= 11 is 1.51. The normalized spacial score (nSPS) is 12.3. The van der Waals surface area contributed by atoms with E-state index in [1.54, 1.807) is 12.1 Å². The zero-order chi connectivity index (χ0) is 17.1. The summed E-state index contributed by atoms with van der Waals surface area (Å²) in [6.45, 7) is 6.30. The number of aromatic nitrogens is 3. The minimum absolute atomic E-state index is 0.106. The number of fused-ring (bicyclic) bond motifs is 2. The highest BCUT2D eigenvalue weighted by Crippen LogP contribution is 2.33. The van der Waals surface area contributed by atoms with Gasteiger partial charge in [0.05, 0.1) is 5.52 Å². The summed E-state index contributed by atoms with van der Waals surface area (Å²) in [4.78, 5) is 31.1. The van der Waals surface area contributed by atoms with Crippen molar-refractivity contribution in [3.63, 3.8) is 0 Å². The van der Waals surface area contributed by atoms with Gasteiger partial charge in [0.1, 0.15) is 11.4 Å². The van der Waals surface area contributed by atoms with Crippen molar-refractivity contribution in [3.8, 4) is 11.3 Å². The van der Waals surface area contributed by atoms with Crippen molar-refractivity contribution >= 4 is 33.7 Å². The first-order chi connectivity index (χ1) is 11.4. The lowest BCUT2D eigenvalue weighted by molar-refractivity contribution is 0.111. The number of carbonyl (C=O) groups is 1. The van der Waals surface area contributed by atoms with Crippen LogP contribution < -0.4 is 5.76 Å². The average molecular weight is 341 g/mol. The van der Waals surface area contributed by atoms with E-state index in [1.165, 1.54) is 11.3 Å². The van der Waals surface area contributed by atoms with E-state index < -0.39 is 5.76 Å². The van der Waals surface area contributed by atoms with Crippen molar-refractivity contribution in [1.29, 1.82) is 0 Å². The van der Waals surface area contributed by atoms with E-state index in [4.69, 9.17) is 4.42 Å². The quantitative estimate of drug-likeness (QED) is 0.565. The molecular weight excluding hydrogens is 326 g/mol. The number of nitrogens with zero attached hydrogens (tertiary/aromatic N) is 2. The molecule has 3 heterocycles. The zero-order valence-corrected chi connectivity index (χ0v) is 14.2. The van der Waals surface area contributed by atoms with Crippen molar-refractivity contribution in [1.82, 2.24) is 14.4 Å². The van der Waals surface area contributed by atoms with Gasteiger partial charge >= 0.3 is 5.76 Å². The van der Waals surface area contributed by atoms with Crippen molar-refractivity contribution in [3.05, 3.63) is 45.5 Å². The predicted molar refractivity (Wildman–Crippen MR) is 93.0 cm³/mol. The Kier molecular flexibility index (Phi) is 3.05. The standard InChI is InChI=1S/C17H15N3O3S/c1-17(2,3)13-8-24-15-19-14(11(7-21)20(13)15)9-4-5-10-12(6-9)23-16(22)18-10/h4-8H,1-3H3,(H,18,22). The Balaban J connectivity index is 2.00. The van der Waals surface area contributed by atoms with Crippen molar-refractivity contribution in [2.24, 2.45) is 0 Å². The second-order valence-corrected chi connectivity index (χ2v) is 7.51. The monoisotopic (exact) mass is 341 g/mol. The van der Waals surface area contributed by atoms with Gasteiger partial charge in [0.2, 0.25) is 0 Å². The Morgan fingerprint density at radius 2 is 2.12 bits per heavy atom. The molecule has 0 bridgehead atoms. The highest BCUT2D eigenvalue weighted by atomic mass is 32.1. The van der Waals surface area contributed by atoms with Crippen LogP contribution in [0, 0.1) is 0 Å². The highest BCUT2D eigenvalue weighted by Gasteiger charge is 2.24. The fourth-order valence-corrected chi connectivity index (χ4v) is 3.93. The molecule has 4 rings (SSSR count). The third kappa shape index (κ3) is 2.12. The third-order valence-corrected chi connectivity index (χ3v) is 4.80. The van der Waals surface area contributed by atoms with Gasteiger partial charge in [0, 0.05) is 22.1 Å². The van der Waals surface area contributed by atoms with Crippen LogP contribution in [-0.4, -0.2) is 20.7 Å². The van der Waals surface area contributed by atoms with E-state index in [9.17, 15) is 9.59 Å².